The molecule has 3 aromatic carbocycles. The van der Waals surface area contributed by atoms with Crippen LogP contribution in [-0.2, 0) is 26.2 Å². The van der Waals surface area contributed by atoms with Crippen molar-refractivity contribution in [2.24, 2.45) is 0 Å². The van der Waals surface area contributed by atoms with Crippen LogP contribution in [0.25, 0.3) is 0 Å². The minimum absolute atomic E-state index is 0.0179. The number of ether oxygens (including phenoxy) is 1. The number of amides is 2. The van der Waals surface area contributed by atoms with Crippen LogP contribution < -0.4 is 14.4 Å². The summed E-state index contributed by atoms with van der Waals surface area (Å²) >= 11 is 12.5. The van der Waals surface area contributed by atoms with Gasteiger partial charge in [-0.3, -0.25) is 13.9 Å². The largest absolute Gasteiger partial charge is 0.497 e. The van der Waals surface area contributed by atoms with Crippen molar-refractivity contribution in [2.45, 2.75) is 56.1 Å². The molecule has 218 valence electrons. The van der Waals surface area contributed by atoms with Gasteiger partial charge in [-0.15, -0.1) is 0 Å². The Morgan fingerprint density at radius 3 is 2.27 bits per heavy atom. The first-order valence-electron chi connectivity index (χ1n) is 13.4. The number of nitrogens with one attached hydrogen (secondary N) is 1. The summed E-state index contributed by atoms with van der Waals surface area (Å²) in [5.74, 6) is -0.342. The van der Waals surface area contributed by atoms with E-state index in [1.807, 2.05) is 0 Å². The van der Waals surface area contributed by atoms with Crippen LogP contribution in [0.5, 0.6) is 5.75 Å². The van der Waals surface area contributed by atoms with Crippen LogP contribution in [0.15, 0.2) is 77.7 Å². The summed E-state index contributed by atoms with van der Waals surface area (Å²) in [5.41, 5.74) is 0.849. The van der Waals surface area contributed by atoms with Crippen molar-refractivity contribution >= 4 is 50.7 Å². The highest BCUT2D eigenvalue weighted by molar-refractivity contribution is 7.92. The van der Waals surface area contributed by atoms with Gasteiger partial charge >= 0.3 is 0 Å². The second-order valence-electron chi connectivity index (χ2n) is 9.95. The predicted molar refractivity (Wildman–Crippen MR) is 161 cm³/mol. The molecule has 0 saturated heterocycles. The van der Waals surface area contributed by atoms with Gasteiger partial charge in [0, 0.05) is 22.6 Å². The second-order valence-corrected chi connectivity index (χ2v) is 12.7. The minimum Gasteiger partial charge on any atom is -0.497 e. The Morgan fingerprint density at radius 1 is 1.00 bits per heavy atom. The van der Waals surface area contributed by atoms with Gasteiger partial charge in [0.1, 0.15) is 18.3 Å². The number of halogens is 2. The molecule has 0 aliphatic heterocycles. The van der Waals surface area contributed by atoms with Gasteiger partial charge in [-0.1, -0.05) is 60.3 Å². The summed E-state index contributed by atoms with van der Waals surface area (Å²) in [5, 5.41) is 3.81. The van der Waals surface area contributed by atoms with Gasteiger partial charge in [-0.2, -0.15) is 0 Å². The first-order valence-corrected chi connectivity index (χ1v) is 15.6. The number of carbonyl (C=O) groups is 2. The normalized spacial score (nSPS) is 14.3. The SMILES string of the molecule is COc1ccc(N(CC(=O)N(Cc2ccc(Cl)cc2Cl)[C@@H](C)C(=O)NC2CCCC2)S(=O)(=O)c2ccccc2)cc1. The van der Waals surface area contributed by atoms with Gasteiger partial charge < -0.3 is 15.0 Å². The Balaban J connectivity index is 1.69. The number of benzene rings is 3. The molecule has 0 radical (unpaired) electrons. The molecule has 1 atom stereocenters. The predicted octanol–water partition coefficient (Wildman–Crippen LogP) is 5.67. The number of methoxy groups -OCH3 is 1. The summed E-state index contributed by atoms with van der Waals surface area (Å²) in [6.07, 6.45) is 3.85. The lowest BCUT2D eigenvalue weighted by Crippen LogP contribution is -2.52. The Bertz CT molecular complexity index is 1460. The third-order valence-electron chi connectivity index (χ3n) is 7.20. The summed E-state index contributed by atoms with van der Waals surface area (Å²) < 4.78 is 33.9. The van der Waals surface area contributed by atoms with E-state index in [-0.39, 0.29) is 29.1 Å². The Kier molecular flexibility index (Phi) is 10.2. The quantitative estimate of drug-likeness (QED) is 0.299. The van der Waals surface area contributed by atoms with Crippen molar-refractivity contribution in [3.63, 3.8) is 0 Å². The topological polar surface area (TPSA) is 96.0 Å². The summed E-state index contributed by atoms with van der Waals surface area (Å²) in [4.78, 5) is 28.7. The monoisotopic (exact) mass is 617 g/mol. The van der Waals surface area contributed by atoms with E-state index in [4.69, 9.17) is 27.9 Å². The Labute approximate surface area is 251 Å². The first kappa shape index (κ1) is 30.7. The highest BCUT2D eigenvalue weighted by Gasteiger charge is 2.33. The molecule has 2 amide bonds. The molecule has 0 unspecified atom stereocenters. The van der Waals surface area contributed by atoms with Crippen LogP contribution in [0, 0.1) is 0 Å². The zero-order valence-electron chi connectivity index (χ0n) is 22.9. The Hall–Kier alpha value is -3.27. The van der Waals surface area contributed by atoms with Crippen LogP contribution >= 0.6 is 23.2 Å². The summed E-state index contributed by atoms with van der Waals surface area (Å²) in [6.45, 7) is 1.07. The van der Waals surface area contributed by atoms with Crippen LogP contribution in [0.1, 0.15) is 38.2 Å². The number of hydrogen-bond donors (Lipinski definition) is 1. The number of hydrogen-bond acceptors (Lipinski definition) is 5. The van der Waals surface area contributed by atoms with E-state index < -0.39 is 28.5 Å². The van der Waals surface area contributed by atoms with Gasteiger partial charge in [0.25, 0.3) is 10.0 Å². The van der Waals surface area contributed by atoms with Crippen LogP contribution in [0.4, 0.5) is 5.69 Å². The van der Waals surface area contributed by atoms with Crippen molar-refractivity contribution in [3.8, 4) is 5.75 Å². The average Bonchev–Trinajstić information content (AvgIpc) is 3.48. The number of nitrogens with zero attached hydrogens (tertiary/aromatic N) is 2. The number of rotatable bonds is 11. The Morgan fingerprint density at radius 2 is 1.66 bits per heavy atom. The van der Waals surface area contributed by atoms with Crippen molar-refractivity contribution in [1.29, 1.82) is 0 Å². The minimum atomic E-state index is -4.15. The lowest BCUT2D eigenvalue weighted by molar-refractivity contribution is -0.139. The lowest BCUT2D eigenvalue weighted by Gasteiger charge is -2.32. The summed E-state index contributed by atoms with van der Waals surface area (Å²) in [6, 6.07) is 18.3. The zero-order chi connectivity index (χ0) is 29.6. The van der Waals surface area contributed by atoms with Crippen molar-refractivity contribution in [3.05, 3.63) is 88.4 Å². The standard InChI is InChI=1S/C30H33Cl2N3O5S/c1-21(30(37)33-24-8-6-7-9-24)34(19-22-12-13-23(31)18-28(22)32)29(36)20-35(25-14-16-26(40-2)17-15-25)41(38,39)27-10-4-3-5-11-27/h3-5,10-18,21,24H,6-9,19-20H2,1-2H3,(H,33,37)/t21-/m0/s1. The zero-order valence-corrected chi connectivity index (χ0v) is 25.3. The molecule has 1 fully saturated rings. The molecule has 4 rings (SSSR count). The van der Waals surface area contributed by atoms with E-state index in [0.717, 1.165) is 30.0 Å². The van der Waals surface area contributed by atoms with E-state index in [9.17, 15) is 18.0 Å². The highest BCUT2D eigenvalue weighted by Crippen LogP contribution is 2.28. The molecule has 0 aromatic heterocycles. The van der Waals surface area contributed by atoms with E-state index >= 15 is 0 Å². The summed E-state index contributed by atoms with van der Waals surface area (Å²) in [7, 11) is -2.64. The van der Waals surface area contributed by atoms with Gasteiger partial charge in [0.2, 0.25) is 11.8 Å². The lowest BCUT2D eigenvalue weighted by atomic mass is 10.1. The molecule has 1 aliphatic rings. The number of sulfonamides is 1. The molecule has 0 bridgehead atoms. The fourth-order valence-electron chi connectivity index (χ4n) is 4.80. The van der Waals surface area contributed by atoms with Crippen LogP contribution in [0.3, 0.4) is 0 Å². The maximum atomic E-state index is 14.0. The van der Waals surface area contributed by atoms with E-state index in [2.05, 4.69) is 5.32 Å². The number of anilines is 1. The smallest absolute Gasteiger partial charge is 0.264 e. The first-order chi connectivity index (χ1) is 19.6. The fourth-order valence-corrected chi connectivity index (χ4v) is 6.71. The van der Waals surface area contributed by atoms with Crippen LogP contribution in [-0.4, -0.2) is 50.9 Å². The van der Waals surface area contributed by atoms with Gasteiger partial charge in [0.15, 0.2) is 0 Å². The third-order valence-corrected chi connectivity index (χ3v) is 9.57. The second kappa shape index (κ2) is 13.6. The molecule has 1 saturated carbocycles. The molecule has 8 nitrogen and oxygen atoms in total. The maximum absolute atomic E-state index is 14.0. The van der Waals surface area contributed by atoms with Crippen molar-refractivity contribution in [2.75, 3.05) is 18.0 Å². The van der Waals surface area contributed by atoms with Gasteiger partial charge in [0.05, 0.1) is 17.7 Å². The molecule has 1 aliphatic carbocycles. The molecule has 3 aromatic rings. The molecule has 41 heavy (non-hydrogen) atoms. The molecular formula is C30H33Cl2N3O5S. The van der Waals surface area contributed by atoms with Gasteiger partial charge in [-0.25, -0.2) is 8.42 Å². The molecule has 0 heterocycles. The number of carbonyl (C=O) groups excluding carboxylic acids is 2. The van der Waals surface area contributed by atoms with Gasteiger partial charge in [-0.05, 0) is 73.9 Å². The van der Waals surface area contributed by atoms with E-state index in [1.54, 1.807) is 67.6 Å². The van der Waals surface area contributed by atoms with Crippen molar-refractivity contribution in [1.82, 2.24) is 10.2 Å². The fraction of sp³-hybridized carbons (Fsp3) is 0.333. The highest BCUT2D eigenvalue weighted by atomic mass is 35.5. The average molecular weight is 619 g/mol. The molecular weight excluding hydrogens is 585 g/mol. The maximum Gasteiger partial charge on any atom is 0.264 e. The third kappa shape index (κ3) is 7.52. The molecule has 0 spiro atoms. The van der Waals surface area contributed by atoms with E-state index in [1.165, 1.54) is 24.1 Å². The van der Waals surface area contributed by atoms with E-state index in [0.29, 0.717) is 21.4 Å². The molecule has 1 N–H and O–H groups in total. The van der Waals surface area contributed by atoms with Crippen molar-refractivity contribution < 1.29 is 22.7 Å². The van der Waals surface area contributed by atoms with Crippen LogP contribution in [0.2, 0.25) is 10.0 Å². The molecule has 11 heteroatoms.